The third-order valence-corrected chi connectivity index (χ3v) is 5.14. The molecule has 0 bridgehead atoms. The fourth-order valence-corrected chi connectivity index (χ4v) is 3.74. The summed E-state index contributed by atoms with van der Waals surface area (Å²) in [7, 11) is 0. The van der Waals surface area contributed by atoms with Crippen LogP contribution in [0.5, 0.6) is 5.75 Å². The van der Waals surface area contributed by atoms with Gasteiger partial charge in [-0.15, -0.1) is 16.4 Å². The Morgan fingerprint density at radius 3 is 2.68 bits per heavy atom. The van der Waals surface area contributed by atoms with Crippen molar-refractivity contribution in [2.75, 3.05) is 13.2 Å². The van der Waals surface area contributed by atoms with Crippen molar-refractivity contribution < 1.29 is 9.53 Å². The third-order valence-electron chi connectivity index (χ3n) is 4.28. The molecule has 1 amide bonds. The predicted octanol–water partition coefficient (Wildman–Crippen LogP) is 3.83. The lowest BCUT2D eigenvalue weighted by molar-refractivity contribution is 0.0954. The van der Waals surface area contributed by atoms with E-state index in [4.69, 9.17) is 4.74 Å². The van der Waals surface area contributed by atoms with Gasteiger partial charge in [0.05, 0.1) is 12.3 Å². The van der Waals surface area contributed by atoms with Crippen LogP contribution in [0.1, 0.15) is 23.0 Å². The van der Waals surface area contributed by atoms with Crippen molar-refractivity contribution in [2.24, 2.45) is 0 Å². The Bertz CT molecular complexity index is 1070. The fourth-order valence-electron chi connectivity index (χ4n) is 2.88. The fraction of sp³-hybridized carbons (Fsp3) is 0.190. The van der Waals surface area contributed by atoms with E-state index in [0.29, 0.717) is 31.0 Å². The number of hydrogen-bond donors (Lipinski definition) is 1. The van der Waals surface area contributed by atoms with E-state index in [1.165, 1.54) is 0 Å². The first-order valence-corrected chi connectivity index (χ1v) is 10.0. The van der Waals surface area contributed by atoms with E-state index < -0.39 is 0 Å². The van der Waals surface area contributed by atoms with E-state index in [2.05, 4.69) is 15.4 Å². The molecule has 0 aliphatic carbocycles. The Morgan fingerprint density at radius 1 is 1.14 bits per heavy atom. The molecule has 0 atom stereocenters. The van der Waals surface area contributed by atoms with Crippen LogP contribution in [0.3, 0.4) is 0 Å². The maximum atomic E-state index is 12.3. The molecule has 0 aliphatic rings. The first kappa shape index (κ1) is 18.2. The minimum atomic E-state index is -0.0990. The van der Waals surface area contributed by atoms with Crippen molar-refractivity contribution in [1.82, 2.24) is 19.9 Å². The highest BCUT2D eigenvalue weighted by atomic mass is 32.1. The Morgan fingerprint density at radius 2 is 1.93 bits per heavy atom. The van der Waals surface area contributed by atoms with Crippen LogP contribution in [0.25, 0.3) is 16.3 Å². The summed E-state index contributed by atoms with van der Waals surface area (Å²) in [6.45, 7) is 3.06. The van der Waals surface area contributed by atoms with E-state index >= 15 is 0 Å². The van der Waals surface area contributed by atoms with Gasteiger partial charge in [-0.3, -0.25) is 4.79 Å². The van der Waals surface area contributed by atoms with Gasteiger partial charge >= 0.3 is 0 Å². The number of nitrogens with zero attached hydrogens (tertiary/aromatic N) is 3. The van der Waals surface area contributed by atoms with Gasteiger partial charge in [-0.25, -0.2) is 4.52 Å². The molecule has 0 unspecified atom stereocenters. The summed E-state index contributed by atoms with van der Waals surface area (Å²) < 4.78 is 7.26. The van der Waals surface area contributed by atoms with Crippen molar-refractivity contribution in [3.8, 4) is 17.1 Å². The monoisotopic (exact) mass is 392 g/mol. The van der Waals surface area contributed by atoms with E-state index in [0.717, 1.165) is 22.0 Å². The van der Waals surface area contributed by atoms with Gasteiger partial charge in [-0.2, -0.15) is 4.98 Å². The molecule has 0 fully saturated rings. The molecular weight excluding hydrogens is 372 g/mol. The van der Waals surface area contributed by atoms with E-state index in [-0.39, 0.29) is 5.91 Å². The van der Waals surface area contributed by atoms with Crippen LogP contribution >= 0.6 is 11.3 Å². The highest BCUT2D eigenvalue weighted by Crippen LogP contribution is 2.20. The van der Waals surface area contributed by atoms with Gasteiger partial charge in [0.2, 0.25) is 4.96 Å². The number of hydrogen-bond acceptors (Lipinski definition) is 5. The van der Waals surface area contributed by atoms with Crippen molar-refractivity contribution in [3.63, 3.8) is 0 Å². The molecule has 6 nitrogen and oxygen atoms in total. The second-order valence-corrected chi connectivity index (χ2v) is 7.02. The zero-order chi connectivity index (χ0) is 19.3. The summed E-state index contributed by atoms with van der Waals surface area (Å²) in [5.41, 5.74) is 2.64. The van der Waals surface area contributed by atoms with Crippen LogP contribution < -0.4 is 10.1 Å². The molecule has 142 valence electrons. The summed E-state index contributed by atoms with van der Waals surface area (Å²) in [5, 5.41) is 9.61. The zero-order valence-electron chi connectivity index (χ0n) is 15.5. The highest BCUT2D eigenvalue weighted by Gasteiger charge is 2.12. The minimum absolute atomic E-state index is 0.0990. The standard InChI is InChI=1S/C21H20N4O2S/c1-2-27-18-10-8-16(9-11-18)20(26)22-13-12-17-14-28-21-23-19(24-25(17)21)15-6-4-3-5-7-15/h3-11,14H,2,12-13H2,1H3,(H,22,26). The number of nitrogens with one attached hydrogen (secondary N) is 1. The first-order chi connectivity index (χ1) is 13.7. The van der Waals surface area contributed by atoms with Crippen molar-refractivity contribution in [1.29, 1.82) is 0 Å². The van der Waals surface area contributed by atoms with Crippen LogP contribution in [-0.2, 0) is 6.42 Å². The Labute approximate surface area is 166 Å². The third kappa shape index (κ3) is 3.89. The van der Waals surface area contributed by atoms with Crippen molar-refractivity contribution in [3.05, 3.63) is 71.2 Å². The molecule has 2 aromatic carbocycles. The van der Waals surface area contributed by atoms with Gasteiger partial charge in [-0.1, -0.05) is 30.3 Å². The van der Waals surface area contributed by atoms with E-state index in [1.807, 2.05) is 47.2 Å². The quantitative estimate of drug-likeness (QED) is 0.519. The molecule has 4 aromatic rings. The molecule has 28 heavy (non-hydrogen) atoms. The van der Waals surface area contributed by atoms with Gasteiger partial charge < -0.3 is 10.1 Å². The minimum Gasteiger partial charge on any atom is -0.494 e. The maximum absolute atomic E-state index is 12.3. The van der Waals surface area contributed by atoms with Crippen molar-refractivity contribution >= 4 is 22.2 Å². The SMILES string of the molecule is CCOc1ccc(C(=O)NCCc2csc3nc(-c4ccccc4)nn23)cc1. The van der Waals surface area contributed by atoms with Crippen LogP contribution in [0.4, 0.5) is 0 Å². The lowest BCUT2D eigenvalue weighted by Gasteiger charge is -2.06. The lowest BCUT2D eigenvalue weighted by atomic mass is 10.2. The number of carbonyl (C=O) groups is 1. The molecule has 0 saturated carbocycles. The van der Waals surface area contributed by atoms with Crippen LogP contribution in [0.15, 0.2) is 60.0 Å². The summed E-state index contributed by atoms with van der Waals surface area (Å²) in [6, 6.07) is 17.1. The van der Waals surface area contributed by atoms with Crippen molar-refractivity contribution in [2.45, 2.75) is 13.3 Å². The molecule has 4 rings (SSSR count). The smallest absolute Gasteiger partial charge is 0.251 e. The normalized spacial score (nSPS) is 10.9. The van der Waals surface area contributed by atoms with Crippen LogP contribution in [0.2, 0.25) is 0 Å². The predicted molar refractivity (Wildman–Crippen MR) is 110 cm³/mol. The average Bonchev–Trinajstić information content (AvgIpc) is 3.31. The lowest BCUT2D eigenvalue weighted by Crippen LogP contribution is -2.25. The molecule has 2 heterocycles. The Kier molecular flexibility index (Phi) is 5.34. The maximum Gasteiger partial charge on any atom is 0.251 e. The molecule has 7 heteroatoms. The number of carbonyl (C=O) groups excluding carboxylic acids is 1. The summed E-state index contributed by atoms with van der Waals surface area (Å²) in [6.07, 6.45) is 0.681. The number of ether oxygens (including phenoxy) is 1. The molecule has 0 aliphatic heterocycles. The topological polar surface area (TPSA) is 68.5 Å². The second kappa shape index (κ2) is 8.22. The van der Waals surface area contributed by atoms with Gasteiger partial charge in [-0.05, 0) is 31.2 Å². The van der Waals surface area contributed by atoms with Crippen LogP contribution in [0, 0.1) is 0 Å². The van der Waals surface area contributed by atoms with Gasteiger partial charge in [0.25, 0.3) is 5.91 Å². The molecule has 1 N–H and O–H groups in total. The van der Waals surface area contributed by atoms with E-state index in [9.17, 15) is 4.79 Å². The molecule has 0 radical (unpaired) electrons. The number of amides is 1. The summed E-state index contributed by atoms with van der Waals surface area (Å²) >= 11 is 1.55. The number of fused-ring (bicyclic) bond motifs is 1. The number of thiazole rings is 1. The summed E-state index contributed by atoms with van der Waals surface area (Å²) in [5.74, 6) is 1.38. The highest BCUT2D eigenvalue weighted by molar-refractivity contribution is 7.15. The molecule has 2 aromatic heterocycles. The van der Waals surface area contributed by atoms with Gasteiger partial charge in [0.15, 0.2) is 5.82 Å². The average molecular weight is 392 g/mol. The molecule has 0 spiro atoms. The first-order valence-electron chi connectivity index (χ1n) is 9.14. The van der Waals surface area contributed by atoms with E-state index in [1.54, 1.807) is 35.6 Å². The summed E-state index contributed by atoms with van der Waals surface area (Å²) in [4.78, 5) is 17.8. The molecule has 0 saturated heterocycles. The number of aromatic nitrogens is 3. The van der Waals surface area contributed by atoms with Crippen LogP contribution in [-0.4, -0.2) is 33.7 Å². The Hall–Kier alpha value is -3.19. The number of benzene rings is 2. The van der Waals surface area contributed by atoms with Gasteiger partial charge in [0, 0.05) is 29.5 Å². The zero-order valence-corrected chi connectivity index (χ0v) is 16.3. The Balaban J connectivity index is 1.39. The second-order valence-electron chi connectivity index (χ2n) is 6.19. The van der Waals surface area contributed by atoms with Gasteiger partial charge in [0.1, 0.15) is 5.75 Å². The largest absolute Gasteiger partial charge is 0.494 e. The number of rotatable bonds is 7. The molecular formula is C21H20N4O2S.